The summed E-state index contributed by atoms with van der Waals surface area (Å²) < 4.78 is 5.62. The smallest absolute Gasteiger partial charge is 0.264 e. The van der Waals surface area contributed by atoms with Gasteiger partial charge in [-0.05, 0) is 29.6 Å². The highest BCUT2D eigenvalue weighted by atomic mass is 35.5. The van der Waals surface area contributed by atoms with Crippen molar-refractivity contribution in [2.24, 2.45) is 0 Å². The summed E-state index contributed by atoms with van der Waals surface area (Å²) in [7, 11) is 0. The quantitative estimate of drug-likeness (QED) is 0.602. The van der Waals surface area contributed by atoms with Crippen LogP contribution in [0.25, 0.3) is 11.1 Å². The highest BCUT2D eigenvalue weighted by molar-refractivity contribution is 7.99. The molecule has 0 radical (unpaired) electrons. The van der Waals surface area contributed by atoms with E-state index in [1.165, 1.54) is 23.1 Å². The number of aromatic nitrogens is 1. The average Bonchev–Trinajstić information content (AvgIpc) is 3.35. The Kier molecular flexibility index (Phi) is 5.38. The number of halogens is 1. The van der Waals surface area contributed by atoms with Gasteiger partial charge in [0.05, 0.1) is 10.6 Å². The highest BCUT2D eigenvalue weighted by Crippen LogP contribution is 2.26. The number of piperazine rings is 1. The van der Waals surface area contributed by atoms with E-state index in [-0.39, 0.29) is 17.6 Å². The van der Waals surface area contributed by atoms with Crippen molar-refractivity contribution >= 4 is 57.6 Å². The predicted molar refractivity (Wildman–Crippen MR) is 107 cm³/mol. The Morgan fingerprint density at radius 1 is 1.19 bits per heavy atom. The molecule has 0 atom stereocenters. The van der Waals surface area contributed by atoms with Gasteiger partial charge in [0, 0.05) is 31.2 Å². The van der Waals surface area contributed by atoms with Crippen molar-refractivity contribution in [2.45, 2.75) is 5.22 Å². The summed E-state index contributed by atoms with van der Waals surface area (Å²) in [6.07, 6.45) is 0. The second-order valence-corrected chi connectivity index (χ2v) is 8.34. The van der Waals surface area contributed by atoms with E-state index >= 15 is 0 Å². The van der Waals surface area contributed by atoms with Crippen LogP contribution in [0, 0.1) is 0 Å². The molecule has 0 bridgehead atoms. The minimum absolute atomic E-state index is 0.0171. The Morgan fingerprint density at radius 3 is 2.70 bits per heavy atom. The van der Waals surface area contributed by atoms with Crippen LogP contribution < -0.4 is 0 Å². The van der Waals surface area contributed by atoms with E-state index in [9.17, 15) is 9.59 Å². The molecule has 1 fully saturated rings. The maximum atomic E-state index is 12.5. The van der Waals surface area contributed by atoms with Gasteiger partial charge >= 0.3 is 0 Å². The summed E-state index contributed by atoms with van der Waals surface area (Å²) in [5, 5.41) is 2.94. The van der Waals surface area contributed by atoms with Gasteiger partial charge in [0.15, 0.2) is 5.58 Å². The van der Waals surface area contributed by atoms with Crippen molar-refractivity contribution in [1.82, 2.24) is 14.8 Å². The van der Waals surface area contributed by atoms with Crippen molar-refractivity contribution in [2.75, 3.05) is 31.9 Å². The molecule has 6 nitrogen and oxygen atoms in total. The number of amides is 2. The lowest BCUT2D eigenvalue weighted by atomic mass is 10.3. The first-order valence-corrected chi connectivity index (χ1v) is 10.6. The number of thiophene rings is 1. The molecule has 0 unspecified atom stereocenters. The predicted octanol–water partition coefficient (Wildman–Crippen LogP) is 3.62. The first kappa shape index (κ1) is 18.3. The largest absolute Gasteiger partial charge is 0.431 e. The number of thioether (sulfide) groups is 1. The molecule has 1 saturated heterocycles. The van der Waals surface area contributed by atoms with Crippen LogP contribution in [-0.2, 0) is 4.79 Å². The fourth-order valence-electron chi connectivity index (χ4n) is 2.87. The molecule has 4 rings (SSSR count). The molecule has 1 aliphatic rings. The maximum absolute atomic E-state index is 12.5. The molecule has 1 aromatic carbocycles. The summed E-state index contributed by atoms with van der Waals surface area (Å²) in [6.45, 7) is 2.18. The Labute approximate surface area is 169 Å². The van der Waals surface area contributed by atoms with Crippen LogP contribution in [0.4, 0.5) is 0 Å². The molecule has 0 saturated carbocycles. The topological polar surface area (TPSA) is 66.7 Å². The summed E-state index contributed by atoms with van der Waals surface area (Å²) in [5.74, 6) is 0.305. The SMILES string of the molecule is O=C(CSc1nc2cc(Cl)ccc2o1)N1CCN(C(=O)c2cccs2)CC1. The minimum atomic E-state index is 0.0171. The second-order valence-electron chi connectivity index (χ2n) is 6.03. The summed E-state index contributed by atoms with van der Waals surface area (Å²) >= 11 is 8.65. The Bertz CT molecular complexity index is 966. The average molecular weight is 422 g/mol. The zero-order valence-electron chi connectivity index (χ0n) is 14.3. The first-order valence-electron chi connectivity index (χ1n) is 8.39. The van der Waals surface area contributed by atoms with Crippen LogP contribution in [-0.4, -0.2) is 58.5 Å². The monoisotopic (exact) mass is 421 g/mol. The second kappa shape index (κ2) is 7.92. The van der Waals surface area contributed by atoms with Gasteiger partial charge in [-0.2, -0.15) is 0 Å². The van der Waals surface area contributed by atoms with Gasteiger partial charge < -0.3 is 14.2 Å². The van der Waals surface area contributed by atoms with E-state index in [0.29, 0.717) is 47.5 Å². The zero-order chi connectivity index (χ0) is 18.8. The van der Waals surface area contributed by atoms with Gasteiger partial charge in [-0.15, -0.1) is 11.3 Å². The Hall–Kier alpha value is -2.03. The third-order valence-corrected chi connectivity index (χ3v) is 6.21. The Morgan fingerprint density at radius 2 is 1.96 bits per heavy atom. The molecule has 1 aliphatic heterocycles. The van der Waals surface area contributed by atoms with Crippen LogP contribution in [0.2, 0.25) is 5.02 Å². The first-order chi connectivity index (χ1) is 13.1. The number of fused-ring (bicyclic) bond motifs is 1. The number of hydrogen-bond donors (Lipinski definition) is 0. The van der Waals surface area contributed by atoms with Gasteiger partial charge in [0.1, 0.15) is 5.52 Å². The lowest BCUT2D eigenvalue weighted by molar-refractivity contribution is -0.129. The molecular formula is C18H16ClN3O3S2. The number of carbonyl (C=O) groups is 2. The number of oxazole rings is 1. The molecule has 9 heteroatoms. The summed E-state index contributed by atoms with van der Waals surface area (Å²) in [5.41, 5.74) is 1.33. The van der Waals surface area contributed by atoms with E-state index < -0.39 is 0 Å². The molecule has 2 aromatic heterocycles. The van der Waals surface area contributed by atoms with Gasteiger partial charge in [0.2, 0.25) is 5.91 Å². The van der Waals surface area contributed by atoms with Crippen LogP contribution in [0.3, 0.4) is 0 Å². The molecule has 2 amide bonds. The van der Waals surface area contributed by atoms with Crippen molar-refractivity contribution in [1.29, 1.82) is 0 Å². The van der Waals surface area contributed by atoms with E-state index in [1.54, 1.807) is 28.0 Å². The van der Waals surface area contributed by atoms with Crippen LogP contribution in [0.1, 0.15) is 9.67 Å². The minimum Gasteiger partial charge on any atom is -0.431 e. The van der Waals surface area contributed by atoms with E-state index in [2.05, 4.69) is 4.98 Å². The van der Waals surface area contributed by atoms with Crippen molar-refractivity contribution in [3.05, 3.63) is 45.6 Å². The van der Waals surface area contributed by atoms with Crippen LogP contribution in [0.15, 0.2) is 45.4 Å². The lowest BCUT2D eigenvalue weighted by Gasteiger charge is -2.34. The van der Waals surface area contributed by atoms with E-state index in [0.717, 1.165) is 4.88 Å². The standard InChI is InChI=1S/C18H16ClN3O3S2/c19-12-3-4-14-13(10-12)20-18(25-14)27-11-16(23)21-5-7-22(8-6-21)17(24)15-2-1-9-26-15/h1-4,9-10H,5-8,11H2. The normalized spacial score (nSPS) is 14.7. The van der Waals surface area contributed by atoms with E-state index in [4.69, 9.17) is 16.0 Å². The van der Waals surface area contributed by atoms with Crippen molar-refractivity contribution in [3.8, 4) is 0 Å². The van der Waals surface area contributed by atoms with Crippen molar-refractivity contribution in [3.63, 3.8) is 0 Å². The number of hydrogen-bond acceptors (Lipinski definition) is 6. The molecule has 27 heavy (non-hydrogen) atoms. The van der Waals surface area contributed by atoms with Gasteiger partial charge in [-0.3, -0.25) is 9.59 Å². The zero-order valence-corrected chi connectivity index (χ0v) is 16.6. The van der Waals surface area contributed by atoms with Crippen LogP contribution >= 0.6 is 34.7 Å². The van der Waals surface area contributed by atoms with Crippen LogP contribution in [0.5, 0.6) is 0 Å². The number of carbonyl (C=O) groups excluding carboxylic acids is 2. The lowest BCUT2D eigenvalue weighted by Crippen LogP contribution is -2.51. The maximum Gasteiger partial charge on any atom is 0.264 e. The number of benzene rings is 1. The fourth-order valence-corrected chi connectivity index (χ4v) is 4.47. The molecule has 3 aromatic rings. The molecule has 0 N–H and O–H groups in total. The fraction of sp³-hybridized carbons (Fsp3) is 0.278. The third kappa shape index (κ3) is 4.12. The molecule has 3 heterocycles. The molecule has 0 spiro atoms. The van der Waals surface area contributed by atoms with Gasteiger partial charge in [-0.1, -0.05) is 29.4 Å². The molecule has 140 valence electrons. The number of rotatable bonds is 4. The summed E-state index contributed by atoms with van der Waals surface area (Å²) in [4.78, 5) is 33.5. The number of nitrogens with zero attached hydrogens (tertiary/aromatic N) is 3. The molecule has 0 aliphatic carbocycles. The summed E-state index contributed by atoms with van der Waals surface area (Å²) in [6, 6.07) is 8.94. The third-order valence-electron chi connectivity index (χ3n) is 4.30. The highest BCUT2D eigenvalue weighted by Gasteiger charge is 2.25. The van der Waals surface area contributed by atoms with E-state index in [1.807, 2.05) is 17.5 Å². The Balaban J connectivity index is 1.29. The van der Waals surface area contributed by atoms with Gasteiger partial charge in [0.25, 0.3) is 11.1 Å². The van der Waals surface area contributed by atoms with Gasteiger partial charge in [-0.25, -0.2) is 4.98 Å². The molecular weight excluding hydrogens is 406 g/mol. The van der Waals surface area contributed by atoms with Crippen molar-refractivity contribution < 1.29 is 14.0 Å².